The molecular formula is C29H38N6O2. The minimum absolute atomic E-state index is 0.0457. The number of nitrogens with two attached hydrogens (primary N) is 1. The number of hydrogen-bond donors (Lipinski definition) is 2. The smallest absolute Gasteiger partial charge is 0.318 e. The number of ether oxygens (including phenoxy) is 1. The van der Waals surface area contributed by atoms with Gasteiger partial charge in [0.25, 0.3) is 0 Å². The lowest BCUT2D eigenvalue weighted by Gasteiger charge is -2.42. The first kappa shape index (κ1) is 24.1. The molecule has 1 saturated heterocycles. The highest BCUT2D eigenvalue weighted by molar-refractivity contribution is 5.84. The van der Waals surface area contributed by atoms with E-state index in [4.69, 9.17) is 15.5 Å². The van der Waals surface area contributed by atoms with Gasteiger partial charge in [0, 0.05) is 31.3 Å². The van der Waals surface area contributed by atoms with Crippen LogP contribution in [0.25, 0.3) is 0 Å². The summed E-state index contributed by atoms with van der Waals surface area (Å²) >= 11 is 0. The maximum Gasteiger partial charge on any atom is 0.318 e. The van der Waals surface area contributed by atoms with Crippen molar-refractivity contribution in [2.45, 2.75) is 82.3 Å². The minimum atomic E-state index is -0.0457. The summed E-state index contributed by atoms with van der Waals surface area (Å²) in [5, 5.41) is 3.37. The van der Waals surface area contributed by atoms with Gasteiger partial charge in [-0.2, -0.15) is 0 Å². The van der Waals surface area contributed by atoms with E-state index in [-0.39, 0.29) is 17.6 Å². The molecule has 3 N–H and O–H groups in total. The van der Waals surface area contributed by atoms with E-state index in [0.717, 1.165) is 36.4 Å². The Kier molecular flexibility index (Phi) is 6.65. The van der Waals surface area contributed by atoms with Gasteiger partial charge in [-0.3, -0.25) is 0 Å². The number of nitrogens with one attached hydrogen (secondary N) is 1. The summed E-state index contributed by atoms with van der Waals surface area (Å²) in [6.45, 7) is 2.12. The number of guanidine groups is 1. The highest BCUT2D eigenvalue weighted by Gasteiger charge is 2.45. The predicted molar refractivity (Wildman–Crippen MR) is 144 cm³/mol. The molecule has 0 bridgehead atoms. The summed E-state index contributed by atoms with van der Waals surface area (Å²) in [7, 11) is 0. The van der Waals surface area contributed by atoms with Gasteiger partial charge in [0.05, 0.1) is 23.5 Å². The zero-order valence-electron chi connectivity index (χ0n) is 21.6. The lowest BCUT2D eigenvalue weighted by atomic mass is 9.81. The molecule has 1 atom stereocenters. The van der Waals surface area contributed by atoms with Gasteiger partial charge in [0.1, 0.15) is 5.75 Å². The van der Waals surface area contributed by atoms with E-state index in [2.05, 4.69) is 20.1 Å². The fourth-order valence-electron chi connectivity index (χ4n) is 6.79. The number of rotatable bonds is 6. The van der Waals surface area contributed by atoms with Crippen molar-refractivity contribution in [1.82, 2.24) is 20.1 Å². The van der Waals surface area contributed by atoms with Crippen molar-refractivity contribution in [1.29, 1.82) is 0 Å². The number of carbonyl (C=O) groups is 1. The summed E-state index contributed by atoms with van der Waals surface area (Å²) in [6, 6.07) is 11.9. The van der Waals surface area contributed by atoms with Gasteiger partial charge in [0.2, 0.25) is 5.88 Å². The van der Waals surface area contributed by atoms with E-state index in [0.29, 0.717) is 30.8 Å². The molecule has 1 spiro atoms. The summed E-state index contributed by atoms with van der Waals surface area (Å²) in [5.74, 6) is 2.31. The Balaban J connectivity index is 1.24. The summed E-state index contributed by atoms with van der Waals surface area (Å²) in [5.41, 5.74) is 8.40. The minimum Gasteiger partial charge on any atom is -0.439 e. The fraction of sp³-hybridized carbons (Fsp3) is 0.552. The molecule has 37 heavy (non-hydrogen) atoms. The average Bonchev–Trinajstić information content (AvgIpc) is 3.22. The SMILES string of the molecule is NC1=Nc2cnc(Oc3ccccc3)cc2CN1[C@H](CN1CC2(CCCCC2)NC1=O)C1CCCCC1. The molecule has 6 rings (SSSR count). The van der Waals surface area contributed by atoms with Gasteiger partial charge < -0.3 is 25.6 Å². The lowest BCUT2D eigenvalue weighted by molar-refractivity contribution is 0.131. The van der Waals surface area contributed by atoms with Crippen LogP contribution in [0, 0.1) is 5.92 Å². The van der Waals surface area contributed by atoms with Gasteiger partial charge in [-0.15, -0.1) is 0 Å². The van der Waals surface area contributed by atoms with Crippen LogP contribution in [0.4, 0.5) is 10.5 Å². The maximum absolute atomic E-state index is 13.2. The first-order valence-corrected chi connectivity index (χ1v) is 14.0. The van der Waals surface area contributed by atoms with Crippen molar-refractivity contribution >= 4 is 17.7 Å². The molecule has 1 aromatic carbocycles. The number of amides is 2. The molecule has 0 radical (unpaired) electrons. The van der Waals surface area contributed by atoms with Crippen LogP contribution in [0.1, 0.15) is 69.8 Å². The fourth-order valence-corrected chi connectivity index (χ4v) is 6.79. The quantitative estimate of drug-likeness (QED) is 0.558. The maximum atomic E-state index is 13.2. The highest BCUT2D eigenvalue weighted by atomic mass is 16.5. The molecule has 1 aromatic heterocycles. The number of hydrogen-bond acceptors (Lipinski definition) is 6. The summed E-state index contributed by atoms with van der Waals surface area (Å²) < 4.78 is 6.00. The van der Waals surface area contributed by atoms with Gasteiger partial charge >= 0.3 is 6.03 Å². The van der Waals surface area contributed by atoms with Crippen molar-refractivity contribution in [2.75, 3.05) is 13.1 Å². The Morgan fingerprint density at radius 2 is 1.84 bits per heavy atom. The van der Waals surface area contributed by atoms with Crippen LogP contribution in [0.5, 0.6) is 11.6 Å². The second kappa shape index (κ2) is 10.2. The largest absolute Gasteiger partial charge is 0.439 e. The molecule has 2 aliphatic heterocycles. The molecule has 2 aromatic rings. The third kappa shape index (κ3) is 5.11. The Morgan fingerprint density at radius 3 is 2.62 bits per heavy atom. The number of aliphatic imine (C=N–C) groups is 1. The van der Waals surface area contributed by atoms with Crippen LogP contribution < -0.4 is 15.8 Å². The molecule has 3 heterocycles. The molecule has 0 unspecified atom stereocenters. The molecule has 4 aliphatic rings. The first-order valence-electron chi connectivity index (χ1n) is 14.0. The molecular weight excluding hydrogens is 464 g/mol. The van der Waals surface area contributed by atoms with Crippen molar-refractivity contribution in [3.05, 3.63) is 48.2 Å². The molecule has 2 amide bonds. The number of carbonyl (C=O) groups excluding carboxylic acids is 1. The molecule has 8 nitrogen and oxygen atoms in total. The number of urea groups is 1. The van der Waals surface area contributed by atoms with Crippen molar-refractivity contribution < 1.29 is 9.53 Å². The third-order valence-corrected chi connectivity index (χ3v) is 8.74. The van der Waals surface area contributed by atoms with Crippen LogP contribution in [0.15, 0.2) is 47.6 Å². The van der Waals surface area contributed by atoms with E-state index >= 15 is 0 Å². The topological polar surface area (TPSA) is 96.1 Å². The highest BCUT2D eigenvalue weighted by Crippen LogP contribution is 2.37. The Morgan fingerprint density at radius 1 is 1.08 bits per heavy atom. The number of pyridine rings is 1. The van der Waals surface area contributed by atoms with Gasteiger partial charge in [0.15, 0.2) is 5.96 Å². The van der Waals surface area contributed by atoms with Crippen LogP contribution in [-0.2, 0) is 6.54 Å². The van der Waals surface area contributed by atoms with Gasteiger partial charge in [-0.25, -0.2) is 14.8 Å². The van der Waals surface area contributed by atoms with Crippen LogP contribution in [-0.4, -0.2) is 51.4 Å². The van der Waals surface area contributed by atoms with Crippen LogP contribution >= 0.6 is 0 Å². The van der Waals surface area contributed by atoms with Crippen molar-refractivity contribution in [2.24, 2.45) is 16.6 Å². The number of para-hydroxylation sites is 1. The van der Waals surface area contributed by atoms with E-state index < -0.39 is 0 Å². The van der Waals surface area contributed by atoms with E-state index in [1.165, 1.54) is 51.4 Å². The van der Waals surface area contributed by atoms with Crippen molar-refractivity contribution in [3.8, 4) is 11.6 Å². The van der Waals surface area contributed by atoms with Crippen LogP contribution in [0.3, 0.4) is 0 Å². The van der Waals surface area contributed by atoms with Gasteiger partial charge in [-0.05, 0) is 43.7 Å². The second-order valence-electron chi connectivity index (χ2n) is 11.3. The molecule has 3 fully saturated rings. The lowest BCUT2D eigenvalue weighted by Crippen LogP contribution is -2.54. The number of nitrogens with zero attached hydrogens (tertiary/aromatic N) is 4. The standard InChI is InChI=1S/C29H38N6O2/c30-27-32-24-17-31-26(37-23-12-6-2-7-13-23)16-22(24)18-35(27)25(21-10-4-1-5-11-21)19-34-20-29(33-28(34)36)14-8-3-9-15-29/h2,6-7,12-13,16-17,21,25H,1,3-5,8-11,14-15,18-20H2,(H2,30,32)(H,33,36)/t25-/m1/s1. The molecule has 8 heteroatoms. The zero-order valence-corrected chi connectivity index (χ0v) is 21.6. The van der Waals surface area contributed by atoms with Crippen LogP contribution in [0.2, 0.25) is 0 Å². The number of fused-ring (bicyclic) bond motifs is 1. The monoisotopic (exact) mass is 502 g/mol. The molecule has 196 valence electrons. The van der Waals surface area contributed by atoms with E-state index in [9.17, 15) is 4.79 Å². The van der Waals surface area contributed by atoms with E-state index in [1.54, 1.807) is 6.20 Å². The predicted octanol–water partition coefficient (Wildman–Crippen LogP) is 5.31. The second-order valence-corrected chi connectivity index (χ2v) is 11.3. The Labute approximate surface area is 219 Å². The zero-order chi connectivity index (χ0) is 25.2. The number of benzene rings is 1. The van der Waals surface area contributed by atoms with Crippen molar-refractivity contribution in [3.63, 3.8) is 0 Å². The first-order chi connectivity index (χ1) is 18.1. The Bertz CT molecular complexity index is 1140. The Hall–Kier alpha value is -3.29. The number of aromatic nitrogens is 1. The normalized spacial score (nSPS) is 22.4. The third-order valence-electron chi connectivity index (χ3n) is 8.74. The van der Waals surface area contributed by atoms with Gasteiger partial charge in [-0.1, -0.05) is 56.7 Å². The molecule has 2 saturated carbocycles. The molecule has 2 aliphatic carbocycles. The summed E-state index contributed by atoms with van der Waals surface area (Å²) in [6.07, 6.45) is 13.7. The average molecular weight is 503 g/mol. The van der Waals surface area contributed by atoms with E-state index in [1.807, 2.05) is 36.4 Å². The summed E-state index contributed by atoms with van der Waals surface area (Å²) in [4.78, 5) is 26.7.